The van der Waals surface area contributed by atoms with Crippen LogP contribution in [0.5, 0.6) is 0 Å². The van der Waals surface area contributed by atoms with Gasteiger partial charge in [0.2, 0.25) is 0 Å². The van der Waals surface area contributed by atoms with Gasteiger partial charge in [-0.25, -0.2) is 0 Å². The smallest absolute Gasteiger partial charge is 0.0547 e. The van der Waals surface area contributed by atoms with E-state index in [9.17, 15) is 0 Å². The van der Waals surface area contributed by atoms with Gasteiger partial charge in [0.1, 0.15) is 0 Å². The molecule has 12 aromatic carbocycles. The first-order chi connectivity index (χ1) is 32.7. The molecule has 1 aromatic heterocycles. The van der Waals surface area contributed by atoms with E-state index in [-0.39, 0.29) is 0 Å². The highest BCUT2D eigenvalue weighted by Crippen LogP contribution is 2.44. The zero-order valence-corrected chi connectivity index (χ0v) is 36.1. The lowest BCUT2D eigenvalue weighted by Crippen LogP contribution is -2.10. The minimum Gasteiger partial charge on any atom is -0.310 e. The fourth-order valence-corrected chi connectivity index (χ4v) is 10.4. The Balaban J connectivity index is 0.950. The second kappa shape index (κ2) is 15.5. The maximum Gasteiger partial charge on any atom is 0.0547 e. The van der Waals surface area contributed by atoms with E-state index < -0.39 is 0 Å². The molecular weight excluding hydrogens is 797 g/mol. The number of nitrogens with zero attached hydrogens (tertiary/aromatic N) is 2. The zero-order valence-electron chi connectivity index (χ0n) is 36.1. The van der Waals surface area contributed by atoms with Crippen molar-refractivity contribution in [2.75, 3.05) is 4.90 Å². The van der Waals surface area contributed by atoms with Crippen molar-refractivity contribution < 1.29 is 0 Å². The molecule has 0 aliphatic carbocycles. The van der Waals surface area contributed by atoms with Gasteiger partial charge < -0.3 is 9.47 Å². The van der Waals surface area contributed by atoms with Gasteiger partial charge in [0.05, 0.1) is 16.7 Å². The van der Waals surface area contributed by atoms with Crippen LogP contribution in [0.25, 0.3) is 104 Å². The first kappa shape index (κ1) is 37.8. The van der Waals surface area contributed by atoms with E-state index in [0.29, 0.717) is 0 Å². The number of aromatic nitrogens is 1. The van der Waals surface area contributed by atoms with Gasteiger partial charge >= 0.3 is 0 Å². The number of benzene rings is 12. The van der Waals surface area contributed by atoms with Gasteiger partial charge in [-0.15, -0.1) is 0 Å². The third-order valence-corrected chi connectivity index (χ3v) is 13.5. The summed E-state index contributed by atoms with van der Waals surface area (Å²) in [6.07, 6.45) is 0. The van der Waals surface area contributed by atoms with Crippen LogP contribution < -0.4 is 4.90 Å². The predicted molar refractivity (Wildman–Crippen MR) is 282 cm³/mol. The summed E-state index contributed by atoms with van der Waals surface area (Å²) in [6.45, 7) is 0. The molecule has 0 N–H and O–H groups in total. The van der Waals surface area contributed by atoms with Crippen LogP contribution in [0.2, 0.25) is 0 Å². The summed E-state index contributed by atoms with van der Waals surface area (Å²) in [7, 11) is 0. The molecule has 0 bridgehead atoms. The molecule has 13 rings (SSSR count). The van der Waals surface area contributed by atoms with Crippen molar-refractivity contribution >= 4 is 82.0 Å². The predicted octanol–water partition coefficient (Wildman–Crippen LogP) is 17.9. The minimum atomic E-state index is 1.09. The highest BCUT2D eigenvalue weighted by atomic mass is 15.1. The average molecular weight is 839 g/mol. The standard InChI is InChI=1S/C64H42N2/c1-2-14-43(15-3-1)44-30-35-51(36-31-44)65(52-37-32-45(33-38-52)47-34-39-56-50(40-47)29-28-46-16-4-6-20-54(46)56)53-19-12-18-48(41-53)57-25-13-27-62-64(57)60-24-10-11-26-61(60)66(62)63-42-49-17-5-7-21-55(49)58-22-8-9-23-59(58)63/h1-42H. The molecule has 13 aromatic rings. The molecule has 0 aliphatic rings. The number of rotatable bonds is 7. The van der Waals surface area contributed by atoms with Crippen LogP contribution in [0.4, 0.5) is 17.1 Å². The lowest BCUT2D eigenvalue weighted by atomic mass is 9.97. The maximum absolute atomic E-state index is 2.48. The molecule has 0 aliphatic heterocycles. The van der Waals surface area contributed by atoms with Crippen LogP contribution in [-0.4, -0.2) is 4.57 Å². The number of anilines is 3. The van der Waals surface area contributed by atoms with Crippen molar-refractivity contribution in [2.24, 2.45) is 0 Å². The molecule has 2 heteroatoms. The topological polar surface area (TPSA) is 8.17 Å². The van der Waals surface area contributed by atoms with Gasteiger partial charge in [0.15, 0.2) is 0 Å². The molecule has 0 atom stereocenters. The third-order valence-electron chi connectivity index (χ3n) is 13.5. The Bertz CT molecular complexity index is 3970. The molecule has 2 nitrogen and oxygen atoms in total. The van der Waals surface area contributed by atoms with Crippen LogP contribution in [0.3, 0.4) is 0 Å². The van der Waals surface area contributed by atoms with Crippen molar-refractivity contribution in [3.05, 3.63) is 255 Å². The summed E-state index contributed by atoms with van der Waals surface area (Å²) in [6, 6.07) is 93.3. The van der Waals surface area contributed by atoms with E-state index in [1.165, 1.54) is 98.4 Å². The summed E-state index contributed by atoms with van der Waals surface area (Å²) in [5.74, 6) is 0. The molecule has 66 heavy (non-hydrogen) atoms. The summed E-state index contributed by atoms with van der Waals surface area (Å²) in [5, 5.41) is 12.6. The Labute approximate surface area is 383 Å². The Kier molecular flexibility index (Phi) is 8.89. The van der Waals surface area contributed by atoms with Crippen LogP contribution in [0, 0.1) is 0 Å². The summed E-state index contributed by atoms with van der Waals surface area (Å²) in [5.41, 5.74) is 14.0. The molecule has 1 heterocycles. The normalized spacial score (nSPS) is 11.6. The monoisotopic (exact) mass is 838 g/mol. The Morgan fingerprint density at radius 2 is 0.773 bits per heavy atom. The first-order valence-corrected chi connectivity index (χ1v) is 22.7. The number of hydrogen-bond donors (Lipinski definition) is 0. The number of hydrogen-bond acceptors (Lipinski definition) is 1. The molecule has 0 spiro atoms. The van der Waals surface area contributed by atoms with E-state index in [1.54, 1.807) is 0 Å². The number of para-hydroxylation sites is 1. The summed E-state index contributed by atoms with van der Waals surface area (Å²) in [4.78, 5) is 2.39. The fraction of sp³-hybridized carbons (Fsp3) is 0. The highest BCUT2D eigenvalue weighted by molar-refractivity contribution is 6.18. The minimum absolute atomic E-state index is 1.09. The maximum atomic E-state index is 2.48. The number of fused-ring (bicyclic) bond motifs is 9. The molecule has 0 saturated heterocycles. The van der Waals surface area contributed by atoms with Crippen molar-refractivity contribution in [1.29, 1.82) is 0 Å². The average Bonchev–Trinajstić information content (AvgIpc) is 3.73. The van der Waals surface area contributed by atoms with E-state index in [0.717, 1.165) is 22.6 Å². The summed E-state index contributed by atoms with van der Waals surface area (Å²) < 4.78 is 2.48. The molecule has 0 unspecified atom stereocenters. The summed E-state index contributed by atoms with van der Waals surface area (Å²) >= 11 is 0. The molecule has 308 valence electrons. The quantitative estimate of drug-likeness (QED) is 0.145. The highest BCUT2D eigenvalue weighted by Gasteiger charge is 2.20. The largest absolute Gasteiger partial charge is 0.310 e. The van der Waals surface area contributed by atoms with Crippen molar-refractivity contribution in [3.63, 3.8) is 0 Å². The molecule has 0 fully saturated rings. The van der Waals surface area contributed by atoms with Gasteiger partial charge in [0, 0.05) is 33.2 Å². The van der Waals surface area contributed by atoms with E-state index >= 15 is 0 Å². The second-order valence-corrected chi connectivity index (χ2v) is 17.3. The van der Waals surface area contributed by atoms with Gasteiger partial charge in [0.25, 0.3) is 0 Å². The van der Waals surface area contributed by atoms with Gasteiger partial charge in [-0.1, -0.05) is 194 Å². The molecule has 0 saturated carbocycles. The second-order valence-electron chi connectivity index (χ2n) is 17.3. The Morgan fingerprint density at radius 3 is 1.55 bits per heavy atom. The van der Waals surface area contributed by atoms with Crippen molar-refractivity contribution in [2.45, 2.75) is 0 Å². The molecular formula is C64H42N2. The molecule has 0 radical (unpaired) electrons. The van der Waals surface area contributed by atoms with Crippen LogP contribution in [0.1, 0.15) is 0 Å². The first-order valence-electron chi connectivity index (χ1n) is 22.7. The third kappa shape index (κ3) is 6.26. The van der Waals surface area contributed by atoms with Crippen molar-refractivity contribution in [3.8, 4) is 39.1 Å². The van der Waals surface area contributed by atoms with Crippen LogP contribution in [-0.2, 0) is 0 Å². The molecule has 0 amide bonds. The van der Waals surface area contributed by atoms with Gasteiger partial charge in [-0.05, 0) is 132 Å². The van der Waals surface area contributed by atoms with Crippen LogP contribution in [0.15, 0.2) is 255 Å². The van der Waals surface area contributed by atoms with E-state index in [1.807, 2.05) is 0 Å². The van der Waals surface area contributed by atoms with E-state index in [2.05, 4.69) is 264 Å². The van der Waals surface area contributed by atoms with Gasteiger partial charge in [-0.3, -0.25) is 0 Å². The Morgan fingerprint density at radius 1 is 0.258 bits per heavy atom. The van der Waals surface area contributed by atoms with E-state index in [4.69, 9.17) is 0 Å². The Hall–Kier alpha value is -8.72. The van der Waals surface area contributed by atoms with Gasteiger partial charge in [-0.2, -0.15) is 0 Å². The lowest BCUT2D eigenvalue weighted by molar-refractivity contribution is 1.20. The van der Waals surface area contributed by atoms with Crippen LogP contribution >= 0.6 is 0 Å². The lowest BCUT2D eigenvalue weighted by Gasteiger charge is -2.26. The zero-order chi connectivity index (χ0) is 43.6. The SMILES string of the molecule is c1ccc(-c2ccc(N(c3ccc(-c4ccc5c(ccc6ccccc65)c4)cc3)c3cccc(-c4cccc5c4c4ccccc4n5-c4cc5ccccc5c5ccccc45)c3)cc2)cc1. The fourth-order valence-electron chi connectivity index (χ4n) is 10.4. The van der Waals surface area contributed by atoms with Crippen molar-refractivity contribution in [1.82, 2.24) is 4.57 Å².